The van der Waals surface area contributed by atoms with E-state index in [-0.39, 0.29) is 23.9 Å². The van der Waals surface area contributed by atoms with E-state index >= 15 is 0 Å². The van der Waals surface area contributed by atoms with Gasteiger partial charge in [0.2, 0.25) is 27.6 Å². The molecule has 10 heteroatoms. The topological polar surface area (TPSA) is 105 Å². The van der Waals surface area contributed by atoms with Crippen molar-refractivity contribution in [3.05, 3.63) is 65.5 Å². The van der Waals surface area contributed by atoms with Gasteiger partial charge in [0.15, 0.2) is 0 Å². The molecule has 3 rings (SSSR count). The standard InChI is InChI=1S/C18H17ClN4O4S/c1-23(28(25,26)15-8-3-2-4-9-15)12-16(24)20-11-17-21-18(22-27-17)13-6-5-7-14(19)10-13/h2-10H,11-12H2,1H3,(H,20,24). The van der Waals surface area contributed by atoms with Crippen molar-refractivity contribution in [3.8, 4) is 11.4 Å². The quantitative estimate of drug-likeness (QED) is 0.628. The van der Waals surface area contributed by atoms with Crippen LogP contribution >= 0.6 is 11.6 Å². The van der Waals surface area contributed by atoms with Gasteiger partial charge in [-0.05, 0) is 24.3 Å². The lowest BCUT2D eigenvalue weighted by atomic mass is 10.2. The average molecular weight is 421 g/mol. The number of benzene rings is 2. The maximum atomic E-state index is 12.4. The average Bonchev–Trinajstić information content (AvgIpc) is 3.16. The van der Waals surface area contributed by atoms with E-state index in [1.165, 1.54) is 19.2 Å². The fourth-order valence-corrected chi connectivity index (χ4v) is 3.70. The number of carbonyl (C=O) groups excluding carboxylic acids is 1. The molecule has 0 spiro atoms. The molecule has 0 radical (unpaired) electrons. The molecule has 8 nitrogen and oxygen atoms in total. The Morgan fingerprint density at radius 2 is 1.93 bits per heavy atom. The van der Waals surface area contributed by atoms with Gasteiger partial charge in [-0.15, -0.1) is 0 Å². The Morgan fingerprint density at radius 1 is 1.18 bits per heavy atom. The molecule has 2 aromatic carbocycles. The van der Waals surface area contributed by atoms with E-state index < -0.39 is 15.9 Å². The molecule has 0 saturated carbocycles. The van der Waals surface area contributed by atoms with Crippen LogP contribution in [-0.4, -0.2) is 42.4 Å². The van der Waals surface area contributed by atoms with Crippen LogP contribution in [0.4, 0.5) is 0 Å². The molecule has 1 N–H and O–H groups in total. The van der Waals surface area contributed by atoms with Crippen molar-refractivity contribution in [1.82, 2.24) is 19.8 Å². The second-order valence-corrected chi connectivity index (χ2v) is 8.35. The second-order valence-electron chi connectivity index (χ2n) is 5.87. The first-order chi connectivity index (χ1) is 13.4. The van der Waals surface area contributed by atoms with Crippen LogP contribution in [0, 0.1) is 0 Å². The molecule has 0 fully saturated rings. The number of rotatable bonds is 7. The molecule has 0 unspecified atom stereocenters. The molecule has 146 valence electrons. The Bertz CT molecular complexity index is 1070. The van der Waals surface area contributed by atoms with E-state index in [1.807, 2.05) is 0 Å². The summed E-state index contributed by atoms with van der Waals surface area (Å²) in [5, 5.41) is 6.95. The summed E-state index contributed by atoms with van der Waals surface area (Å²) in [6, 6.07) is 14.9. The van der Waals surface area contributed by atoms with Gasteiger partial charge in [0, 0.05) is 17.6 Å². The second kappa shape index (κ2) is 8.51. The molecule has 0 bridgehead atoms. The van der Waals surface area contributed by atoms with Gasteiger partial charge in [-0.2, -0.15) is 9.29 Å². The summed E-state index contributed by atoms with van der Waals surface area (Å²) < 4.78 is 30.9. The van der Waals surface area contributed by atoms with Gasteiger partial charge in [-0.3, -0.25) is 4.79 Å². The van der Waals surface area contributed by atoms with Crippen LogP contribution in [-0.2, 0) is 21.4 Å². The molecule has 0 aliphatic carbocycles. The molecule has 1 heterocycles. The van der Waals surface area contributed by atoms with Gasteiger partial charge in [-0.25, -0.2) is 8.42 Å². The molecule has 0 aliphatic rings. The zero-order valence-corrected chi connectivity index (χ0v) is 16.4. The lowest BCUT2D eigenvalue weighted by Gasteiger charge is -2.16. The number of hydrogen-bond donors (Lipinski definition) is 1. The number of sulfonamides is 1. The van der Waals surface area contributed by atoms with Crippen LogP contribution in [0.25, 0.3) is 11.4 Å². The lowest BCUT2D eigenvalue weighted by Crippen LogP contribution is -2.38. The Kier molecular flexibility index (Phi) is 6.08. The summed E-state index contributed by atoms with van der Waals surface area (Å²) in [4.78, 5) is 16.4. The van der Waals surface area contributed by atoms with Crippen LogP contribution in [0.15, 0.2) is 64.0 Å². The summed E-state index contributed by atoms with van der Waals surface area (Å²) in [5.41, 5.74) is 0.683. The van der Waals surface area contributed by atoms with E-state index in [4.69, 9.17) is 16.1 Å². The molecule has 28 heavy (non-hydrogen) atoms. The smallest absolute Gasteiger partial charge is 0.246 e. The van der Waals surface area contributed by atoms with Crippen molar-refractivity contribution >= 4 is 27.5 Å². The van der Waals surface area contributed by atoms with Gasteiger partial charge < -0.3 is 9.84 Å². The normalized spacial score (nSPS) is 11.5. The molecular formula is C18H17ClN4O4S. The summed E-state index contributed by atoms with van der Waals surface area (Å²) in [7, 11) is -2.41. The predicted octanol–water partition coefficient (Wildman–Crippen LogP) is 2.33. The summed E-state index contributed by atoms with van der Waals surface area (Å²) in [5.74, 6) is 0.0388. The van der Waals surface area contributed by atoms with Crippen LogP contribution in [0.5, 0.6) is 0 Å². The highest BCUT2D eigenvalue weighted by Gasteiger charge is 2.22. The van der Waals surface area contributed by atoms with E-state index in [2.05, 4.69) is 15.5 Å². The highest BCUT2D eigenvalue weighted by Crippen LogP contribution is 2.19. The SMILES string of the molecule is CN(CC(=O)NCc1nc(-c2cccc(Cl)c2)no1)S(=O)(=O)c1ccccc1. The van der Waals surface area contributed by atoms with Crippen molar-refractivity contribution in [2.75, 3.05) is 13.6 Å². The van der Waals surface area contributed by atoms with Gasteiger partial charge in [0.25, 0.3) is 0 Å². The summed E-state index contributed by atoms with van der Waals surface area (Å²) in [6.07, 6.45) is 0. The highest BCUT2D eigenvalue weighted by atomic mass is 35.5. The van der Waals surface area contributed by atoms with E-state index in [9.17, 15) is 13.2 Å². The third-order valence-electron chi connectivity index (χ3n) is 3.81. The Labute approximate surface area is 167 Å². The number of nitrogens with zero attached hydrogens (tertiary/aromatic N) is 3. The van der Waals surface area contributed by atoms with Crippen molar-refractivity contribution < 1.29 is 17.7 Å². The van der Waals surface area contributed by atoms with Crippen molar-refractivity contribution in [2.45, 2.75) is 11.4 Å². The number of amides is 1. The Morgan fingerprint density at radius 3 is 2.64 bits per heavy atom. The molecule has 3 aromatic rings. The molecule has 0 saturated heterocycles. The first-order valence-corrected chi connectivity index (χ1v) is 10.0. The fourth-order valence-electron chi connectivity index (χ4n) is 2.36. The molecule has 1 aromatic heterocycles. The molecule has 1 amide bonds. The van der Waals surface area contributed by atoms with Crippen LogP contribution in [0.1, 0.15) is 5.89 Å². The number of hydrogen-bond acceptors (Lipinski definition) is 6. The predicted molar refractivity (Wildman–Crippen MR) is 103 cm³/mol. The minimum atomic E-state index is -3.74. The van der Waals surface area contributed by atoms with Crippen LogP contribution < -0.4 is 5.32 Å². The number of likely N-dealkylation sites (N-methyl/N-ethyl adjacent to an activating group) is 1. The van der Waals surface area contributed by atoms with Crippen molar-refractivity contribution in [2.24, 2.45) is 0 Å². The van der Waals surface area contributed by atoms with Gasteiger partial charge >= 0.3 is 0 Å². The van der Waals surface area contributed by atoms with Gasteiger partial charge in [0.05, 0.1) is 18.0 Å². The summed E-state index contributed by atoms with van der Waals surface area (Å²) in [6.45, 7) is -0.363. The minimum absolute atomic E-state index is 0.0222. The van der Waals surface area contributed by atoms with E-state index in [1.54, 1.807) is 42.5 Å². The van der Waals surface area contributed by atoms with Crippen LogP contribution in [0.2, 0.25) is 5.02 Å². The Balaban J connectivity index is 1.57. The fraction of sp³-hybridized carbons (Fsp3) is 0.167. The Hall–Kier alpha value is -2.75. The largest absolute Gasteiger partial charge is 0.346 e. The highest BCUT2D eigenvalue weighted by molar-refractivity contribution is 7.89. The lowest BCUT2D eigenvalue weighted by molar-refractivity contribution is -0.121. The van der Waals surface area contributed by atoms with Crippen molar-refractivity contribution in [3.63, 3.8) is 0 Å². The van der Waals surface area contributed by atoms with E-state index in [0.717, 1.165) is 4.31 Å². The summed E-state index contributed by atoms with van der Waals surface area (Å²) >= 11 is 5.94. The van der Waals surface area contributed by atoms with Gasteiger partial charge in [-0.1, -0.05) is 47.1 Å². The van der Waals surface area contributed by atoms with Crippen LogP contribution in [0.3, 0.4) is 0 Å². The van der Waals surface area contributed by atoms with E-state index in [0.29, 0.717) is 16.4 Å². The zero-order valence-electron chi connectivity index (χ0n) is 14.9. The molecule has 0 atom stereocenters. The number of nitrogens with one attached hydrogen (secondary N) is 1. The number of halogens is 1. The first kappa shape index (κ1) is 20.0. The first-order valence-electron chi connectivity index (χ1n) is 8.23. The maximum absolute atomic E-state index is 12.4. The van der Waals surface area contributed by atoms with Gasteiger partial charge in [0.1, 0.15) is 0 Å². The minimum Gasteiger partial charge on any atom is -0.346 e. The molecular weight excluding hydrogens is 404 g/mol. The maximum Gasteiger partial charge on any atom is 0.246 e. The third kappa shape index (κ3) is 4.75. The zero-order chi connectivity index (χ0) is 20.1. The van der Waals surface area contributed by atoms with Crippen molar-refractivity contribution in [1.29, 1.82) is 0 Å². The number of carbonyl (C=O) groups is 1. The third-order valence-corrected chi connectivity index (χ3v) is 5.86. The molecule has 0 aliphatic heterocycles. The monoisotopic (exact) mass is 420 g/mol. The number of aromatic nitrogens is 2.